The Morgan fingerprint density at radius 2 is 1.79 bits per heavy atom. The average molecular weight is 260 g/mol. The number of benzene rings is 1. The monoisotopic (exact) mass is 260 g/mol. The Morgan fingerprint density at radius 3 is 2.21 bits per heavy atom. The van der Waals surface area contributed by atoms with Crippen LogP contribution >= 0.6 is 0 Å². The van der Waals surface area contributed by atoms with Gasteiger partial charge >= 0.3 is 0 Å². The summed E-state index contributed by atoms with van der Waals surface area (Å²) < 4.78 is 5.38. The Hall–Kier alpha value is -1.53. The van der Waals surface area contributed by atoms with Crippen LogP contribution in [0.15, 0.2) is 12.1 Å². The molecule has 0 N–H and O–H groups in total. The van der Waals surface area contributed by atoms with Gasteiger partial charge in [0.25, 0.3) is 0 Å². The van der Waals surface area contributed by atoms with E-state index >= 15 is 0 Å². The van der Waals surface area contributed by atoms with Crippen LogP contribution in [0.4, 0.5) is 0 Å². The number of hydrogen-bond acceptors (Lipinski definition) is 3. The van der Waals surface area contributed by atoms with Crippen molar-refractivity contribution in [3.63, 3.8) is 0 Å². The van der Waals surface area contributed by atoms with Gasteiger partial charge < -0.3 is 9.64 Å². The standard InChI is InChI=1S/C16H24N2O/c1-12-7-14(8-13(2)15(12)19-6)9-18(5)11-16(3,4)10-17/h7-8H,9,11H2,1-6H3. The number of methoxy groups -OCH3 is 1. The van der Waals surface area contributed by atoms with E-state index in [9.17, 15) is 0 Å². The summed E-state index contributed by atoms with van der Waals surface area (Å²) in [6, 6.07) is 6.65. The Morgan fingerprint density at radius 1 is 1.26 bits per heavy atom. The van der Waals surface area contributed by atoms with Gasteiger partial charge in [0.15, 0.2) is 0 Å². The second-order valence-corrected chi connectivity index (χ2v) is 5.93. The van der Waals surface area contributed by atoms with Crippen LogP contribution in [0.5, 0.6) is 5.75 Å². The molecule has 0 heterocycles. The minimum atomic E-state index is -0.314. The number of hydrogen-bond donors (Lipinski definition) is 0. The predicted molar refractivity (Wildman–Crippen MR) is 78.2 cm³/mol. The summed E-state index contributed by atoms with van der Waals surface area (Å²) in [5.41, 5.74) is 3.26. The molecule has 0 aliphatic rings. The van der Waals surface area contributed by atoms with Gasteiger partial charge in [0, 0.05) is 13.1 Å². The summed E-state index contributed by atoms with van der Waals surface area (Å²) in [6.07, 6.45) is 0. The van der Waals surface area contributed by atoms with E-state index in [-0.39, 0.29) is 5.41 Å². The molecule has 1 rings (SSSR count). The number of nitriles is 1. The number of nitrogens with zero attached hydrogens (tertiary/aromatic N) is 2. The Balaban J connectivity index is 2.81. The third-order valence-corrected chi connectivity index (χ3v) is 3.14. The van der Waals surface area contributed by atoms with E-state index in [1.807, 2.05) is 20.9 Å². The number of ether oxygens (including phenoxy) is 1. The van der Waals surface area contributed by atoms with Gasteiger partial charge in [-0.2, -0.15) is 5.26 Å². The molecule has 0 spiro atoms. The van der Waals surface area contributed by atoms with Gasteiger partial charge in [0.05, 0.1) is 18.6 Å². The summed E-state index contributed by atoms with van der Waals surface area (Å²) in [4.78, 5) is 2.18. The van der Waals surface area contributed by atoms with E-state index < -0.39 is 0 Å². The molecule has 0 radical (unpaired) electrons. The quantitative estimate of drug-likeness (QED) is 0.815. The fraction of sp³-hybridized carbons (Fsp3) is 0.562. The zero-order valence-electron chi connectivity index (χ0n) is 12.9. The Labute approximate surface area is 116 Å². The van der Waals surface area contributed by atoms with Gasteiger partial charge in [0.2, 0.25) is 0 Å². The molecule has 0 bridgehead atoms. The third-order valence-electron chi connectivity index (χ3n) is 3.14. The van der Waals surface area contributed by atoms with Crippen molar-refractivity contribution in [1.29, 1.82) is 5.26 Å². The number of aryl methyl sites for hydroxylation is 2. The lowest BCUT2D eigenvalue weighted by Gasteiger charge is -2.24. The topological polar surface area (TPSA) is 36.3 Å². The van der Waals surface area contributed by atoms with Crippen LogP contribution < -0.4 is 4.74 Å². The lowest BCUT2D eigenvalue weighted by molar-refractivity contribution is 0.248. The Bertz CT molecular complexity index is 463. The Kier molecular flexibility index (Phi) is 4.97. The van der Waals surface area contributed by atoms with Gasteiger partial charge in [-0.15, -0.1) is 0 Å². The summed E-state index contributed by atoms with van der Waals surface area (Å²) in [7, 11) is 3.75. The fourth-order valence-electron chi connectivity index (χ4n) is 2.53. The second-order valence-electron chi connectivity index (χ2n) is 5.93. The molecule has 0 saturated heterocycles. The summed E-state index contributed by atoms with van der Waals surface area (Å²) in [6.45, 7) is 9.66. The van der Waals surface area contributed by atoms with Crippen molar-refractivity contribution in [3.05, 3.63) is 28.8 Å². The molecule has 0 unspecified atom stereocenters. The molecule has 0 aliphatic heterocycles. The highest BCUT2D eigenvalue weighted by molar-refractivity contribution is 5.43. The van der Waals surface area contributed by atoms with Crippen LogP contribution in [0.2, 0.25) is 0 Å². The molecule has 0 aromatic heterocycles. The minimum Gasteiger partial charge on any atom is -0.496 e. The van der Waals surface area contributed by atoms with Crippen molar-refractivity contribution in [2.24, 2.45) is 5.41 Å². The maximum Gasteiger partial charge on any atom is 0.124 e. The van der Waals surface area contributed by atoms with Gasteiger partial charge in [-0.3, -0.25) is 0 Å². The highest BCUT2D eigenvalue weighted by Gasteiger charge is 2.19. The van der Waals surface area contributed by atoms with Gasteiger partial charge in [0.1, 0.15) is 5.75 Å². The van der Waals surface area contributed by atoms with E-state index in [1.54, 1.807) is 7.11 Å². The van der Waals surface area contributed by atoms with Crippen molar-refractivity contribution in [2.75, 3.05) is 20.7 Å². The molecule has 1 aromatic rings. The molecular formula is C16H24N2O. The largest absolute Gasteiger partial charge is 0.496 e. The molecule has 0 fully saturated rings. The SMILES string of the molecule is COc1c(C)cc(CN(C)CC(C)(C)C#N)cc1C. The highest BCUT2D eigenvalue weighted by Crippen LogP contribution is 2.25. The average Bonchev–Trinajstić information content (AvgIpc) is 2.27. The van der Waals surface area contributed by atoms with Crippen LogP contribution in [0.3, 0.4) is 0 Å². The van der Waals surface area contributed by atoms with Gasteiger partial charge in [-0.05, 0) is 51.4 Å². The molecule has 0 aliphatic carbocycles. The van der Waals surface area contributed by atoms with Crippen LogP contribution in [0.25, 0.3) is 0 Å². The first-order valence-corrected chi connectivity index (χ1v) is 6.53. The predicted octanol–water partition coefficient (Wildman–Crippen LogP) is 3.29. The van der Waals surface area contributed by atoms with E-state index in [2.05, 4.69) is 36.9 Å². The van der Waals surface area contributed by atoms with Crippen LogP contribution in [0, 0.1) is 30.6 Å². The molecule has 104 valence electrons. The van der Waals surface area contributed by atoms with Crippen molar-refractivity contribution < 1.29 is 4.74 Å². The summed E-state index contributed by atoms with van der Waals surface area (Å²) in [5, 5.41) is 9.07. The molecular weight excluding hydrogens is 236 g/mol. The van der Waals surface area contributed by atoms with E-state index in [1.165, 1.54) is 5.56 Å². The molecule has 3 heteroatoms. The van der Waals surface area contributed by atoms with Crippen LogP contribution in [-0.2, 0) is 6.54 Å². The third kappa shape index (κ3) is 4.25. The molecule has 19 heavy (non-hydrogen) atoms. The highest BCUT2D eigenvalue weighted by atomic mass is 16.5. The normalized spacial score (nSPS) is 11.5. The van der Waals surface area contributed by atoms with Gasteiger partial charge in [-0.25, -0.2) is 0 Å². The number of rotatable bonds is 5. The zero-order chi connectivity index (χ0) is 14.6. The molecule has 0 atom stereocenters. The smallest absolute Gasteiger partial charge is 0.124 e. The minimum absolute atomic E-state index is 0.314. The zero-order valence-corrected chi connectivity index (χ0v) is 12.9. The second kappa shape index (κ2) is 6.08. The van der Waals surface area contributed by atoms with E-state index in [0.717, 1.165) is 30.0 Å². The van der Waals surface area contributed by atoms with Crippen LogP contribution in [0.1, 0.15) is 30.5 Å². The fourth-order valence-corrected chi connectivity index (χ4v) is 2.53. The van der Waals surface area contributed by atoms with E-state index in [0.29, 0.717) is 0 Å². The van der Waals surface area contributed by atoms with Crippen molar-refractivity contribution >= 4 is 0 Å². The first-order valence-electron chi connectivity index (χ1n) is 6.53. The van der Waals surface area contributed by atoms with Gasteiger partial charge in [-0.1, -0.05) is 12.1 Å². The van der Waals surface area contributed by atoms with Crippen molar-refractivity contribution in [3.8, 4) is 11.8 Å². The van der Waals surface area contributed by atoms with Crippen LogP contribution in [-0.4, -0.2) is 25.6 Å². The molecule has 0 amide bonds. The molecule has 0 saturated carbocycles. The molecule has 3 nitrogen and oxygen atoms in total. The van der Waals surface area contributed by atoms with Crippen molar-refractivity contribution in [2.45, 2.75) is 34.2 Å². The summed E-state index contributed by atoms with van der Waals surface area (Å²) >= 11 is 0. The first kappa shape index (κ1) is 15.5. The first-order chi connectivity index (χ1) is 8.79. The lowest BCUT2D eigenvalue weighted by Crippen LogP contribution is -2.30. The maximum absolute atomic E-state index is 9.07. The molecule has 1 aromatic carbocycles. The summed E-state index contributed by atoms with van der Waals surface area (Å²) in [5.74, 6) is 0.962. The van der Waals surface area contributed by atoms with E-state index in [4.69, 9.17) is 10.00 Å². The lowest BCUT2D eigenvalue weighted by atomic mass is 9.95. The van der Waals surface area contributed by atoms with Crippen molar-refractivity contribution in [1.82, 2.24) is 4.90 Å². The maximum atomic E-state index is 9.07.